The molecule has 1 fully saturated rings. The Hall–Kier alpha value is -2.08. The van der Waals surface area contributed by atoms with Gasteiger partial charge in [-0.15, -0.1) is 0 Å². The molecule has 1 aromatic rings. The van der Waals surface area contributed by atoms with Crippen LogP contribution in [0.2, 0.25) is 0 Å². The van der Waals surface area contributed by atoms with Crippen LogP contribution in [0.3, 0.4) is 0 Å². The zero-order valence-corrected chi connectivity index (χ0v) is 14.3. The Morgan fingerprint density at radius 3 is 2.58 bits per heavy atom. The maximum absolute atomic E-state index is 12.0. The van der Waals surface area contributed by atoms with Crippen LogP contribution in [-0.4, -0.2) is 44.7 Å². The van der Waals surface area contributed by atoms with E-state index in [0.717, 1.165) is 25.1 Å². The monoisotopic (exact) mass is 334 g/mol. The fraction of sp³-hybridized carbons (Fsp3) is 0.556. The molecular weight excluding hydrogens is 308 g/mol. The van der Waals surface area contributed by atoms with E-state index < -0.39 is 0 Å². The summed E-state index contributed by atoms with van der Waals surface area (Å²) >= 11 is 0. The summed E-state index contributed by atoms with van der Waals surface area (Å²) in [7, 11) is 0. The molecule has 2 rings (SSSR count). The average Bonchev–Trinajstić information content (AvgIpc) is 2.52. The summed E-state index contributed by atoms with van der Waals surface area (Å²) in [6.07, 6.45) is 0.763. The van der Waals surface area contributed by atoms with Crippen LogP contribution in [0, 0.1) is 11.8 Å². The molecule has 1 aliphatic heterocycles. The van der Waals surface area contributed by atoms with Gasteiger partial charge in [0.25, 0.3) is 0 Å². The van der Waals surface area contributed by atoms with E-state index in [2.05, 4.69) is 10.6 Å². The summed E-state index contributed by atoms with van der Waals surface area (Å²) in [5.41, 5.74) is 1.11. The quantitative estimate of drug-likeness (QED) is 0.663. The van der Waals surface area contributed by atoms with Crippen LogP contribution in [-0.2, 0) is 20.7 Å². The molecule has 0 bridgehead atoms. The van der Waals surface area contributed by atoms with Crippen molar-refractivity contribution in [2.75, 3.05) is 32.8 Å². The lowest BCUT2D eigenvalue weighted by Gasteiger charge is -2.31. The van der Waals surface area contributed by atoms with E-state index in [1.54, 1.807) is 6.92 Å². The second-order valence-corrected chi connectivity index (χ2v) is 5.99. The first-order valence-electron chi connectivity index (χ1n) is 8.46. The molecule has 0 spiro atoms. The minimum absolute atomic E-state index is 0.0601. The zero-order valence-electron chi connectivity index (χ0n) is 14.3. The molecule has 1 unspecified atom stereocenters. The van der Waals surface area contributed by atoms with E-state index in [4.69, 9.17) is 9.47 Å². The van der Waals surface area contributed by atoms with Crippen molar-refractivity contribution in [3.8, 4) is 5.75 Å². The first-order chi connectivity index (χ1) is 11.6. The number of ether oxygens (including phenoxy) is 2. The normalized spacial score (nSPS) is 15.2. The summed E-state index contributed by atoms with van der Waals surface area (Å²) in [4.78, 5) is 23.2. The van der Waals surface area contributed by atoms with Gasteiger partial charge in [-0.1, -0.05) is 19.1 Å². The van der Waals surface area contributed by atoms with Gasteiger partial charge in [-0.05, 0) is 50.0 Å². The standard InChI is InChI=1S/C18H26N2O4/c1-3-23-17(21)12-24-16-6-4-14(5-7-16)8-9-20-18(22)13(2)15-10-19-11-15/h4-7,13,15,19H,3,8-12H2,1-2H3,(H,20,22). The number of carbonyl (C=O) groups is 2. The molecular formula is C18H26N2O4. The van der Waals surface area contributed by atoms with Crippen LogP contribution < -0.4 is 15.4 Å². The Morgan fingerprint density at radius 2 is 2.00 bits per heavy atom. The third-order valence-electron chi connectivity index (χ3n) is 4.23. The highest BCUT2D eigenvalue weighted by Gasteiger charge is 2.28. The number of nitrogens with one attached hydrogen (secondary N) is 2. The van der Waals surface area contributed by atoms with E-state index in [1.807, 2.05) is 31.2 Å². The number of amides is 1. The van der Waals surface area contributed by atoms with Crippen molar-refractivity contribution in [2.24, 2.45) is 11.8 Å². The number of hydrogen-bond acceptors (Lipinski definition) is 5. The first-order valence-corrected chi connectivity index (χ1v) is 8.46. The third-order valence-corrected chi connectivity index (χ3v) is 4.23. The highest BCUT2D eigenvalue weighted by Crippen LogP contribution is 2.16. The number of esters is 1. The Bertz CT molecular complexity index is 540. The van der Waals surface area contributed by atoms with Crippen LogP contribution in [0.15, 0.2) is 24.3 Å². The Labute approximate surface area is 142 Å². The number of hydrogen-bond donors (Lipinski definition) is 2. The number of carbonyl (C=O) groups excluding carboxylic acids is 2. The van der Waals surface area contributed by atoms with E-state index in [1.165, 1.54) is 0 Å². The summed E-state index contributed by atoms with van der Waals surface area (Å²) in [5, 5.41) is 6.18. The molecule has 1 heterocycles. The van der Waals surface area contributed by atoms with Gasteiger partial charge >= 0.3 is 5.97 Å². The van der Waals surface area contributed by atoms with Crippen LogP contribution in [0.4, 0.5) is 0 Å². The molecule has 0 aliphatic carbocycles. The summed E-state index contributed by atoms with van der Waals surface area (Å²) in [6, 6.07) is 7.51. The molecule has 6 nitrogen and oxygen atoms in total. The smallest absolute Gasteiger partial charge is 0.344 e. The van der Waals surface area contributed by atoms with Crippen LogP contribution in [0.25, 0.3) is 0 Å². The molecule has 1 aliphatic rings. The highest BCUT2D eigenvalue weighted by atomic mass is 16.6. The van der Waals surface area contributed by atoms with Crippen molar-refractivity contribution >= 4 is 11.9 Å². The second-order valence-electron chi connectivity index (χ2n) is 5.99. The van der Waals surface area contributed by atoms with Crippen molar-refractivity contribution in [3.05, 3.63) is 29.8 Å². The summed E-state index contributed by atoms with van der Waals surface area (Å²) in [6.45, 7) is 6.49. The minimum Gasteiger partial charge on any atom is -0.482 e. The lowest BCUT2D eigenvalue weighted by atomic mass is 9.88. The first kappa shape index (κ1) is 18.3. The van der Waals surface area contributed by atoms with E-state index in [0.29, 0.717) is 24.8 Å². The van der Waals surface area contributed by atoms with Gasteiger partial charge in [0.2, 0.25) is 5.91 Å². The van der Waals surface area contributed by atoms with Crippen molar-refractivity contribution in [1.29, 1.82) is 0 Å². The lowest BCUT2D eigenvalue weighted by molar-refractivity contribution is -0.145. The molecule has 6 heteroatoms. The maximum atomic E-state index is 12.0. The second kappa shape index (κ2) is 9.27. The molecule has 0 radical (unpaired) electrons. The molecule has 1 atom stereocenters. The molecule has 1 aromatic carbocycles. The third kappa shape index (κ3) is 5.53. The van der Waals surface area contributed by atoms with Gasteiger partial charge in [0.15, 0.2) is 6.61 Å². The zero-order chi connectivity index (χ0) is 17.4. The molecule has 1 saturated heterocycles. The van der Waals surface area contributed by atoms with Gasteiger partial charge in [-0.3, -0.25) is 4.79 Å². The van der Waals surface area contributed by atoms with Crippen molar-refractivity contribution in [1.82, 2.24) is 10.6 Å². The molecule has 2 N–H and O–H groups in total. The van der Waals surface area contributed by atoms with Crippen molar-refractivity contribution in [3.63, 3.8) is 0 Å². The number of rotatable bonds is 9. The molecule has 132 valence electrons. The largest absolute Gasteiger partial charge is 0.482 e. The minimum atomic E-state index is -0.375. The fourth-order valence-electron chi connectivity index (χ4n) is 2.47. The van der Waals surface area contributed by atoms with Gasteiger partial charge in [-0.2, -0.15) is 0 Å². The fourth-order valence-corrected chi connectivity index (χ4v) is 2.47. The Balaban J connectivity index is 1.67. The number of benzene rings is 1. The molecule has 1 amide bonds. The molecule has 24 heavy (non-hydrogen) atoms. The van der Waals surface area contributed by atoms with Gasteiger partial charge in [0.1, 0.15) is 5.75 Å². The van der Waals surface area contributed by atoms with Crippen LogP contribution in [0.5, 0.6) is 5.75 Å². The topological polar surface area (TPSA) is 76.7 Å². The van der Waals surface area contributed by atoms with Crippen molar-refractivity contribution in [2.45, 2.75) is 20.3 Å². The van der Waals surface area contributed by atoms with E-state index in [-0.39, 0.29) is 24.4 Å². The molecule has 0 aromatic heterocycles. The Morgan fingerprint density at radius 1 is 1.29 bits per heavy atom. The van der Waals surface area contributed by atoms with Gasteiger partial charge in [0.05, 0.1) is 6.61 Å². The van der Waals surface area contributed by atoms with E-state index in [9.17, 15) is 9.59 Å². The maximum Gasteiger partial charge on any atom is 0.344 e. The van der Waals surface area contributed by atoms with Crippen molar-refractivity contribution < 1.29 is 19.1 Å². The van der Waals surface area contributed by atoms with Gasteiger partial charge < -0.3 is 20.1 Å². The predicted octanol–water partition coefficient (Wildman–Crippen LogP) is 1.14. The van der Waals surface area contributed by atoms with Gasteiger partial charge in [0, 0.05) is 12.5 Å². The van der Waals surface area contributed by atoms with Crippen LogP contribution >= 0.6 is 0 Å². The lowest BCUT2D eigenvalue weighted by Crippen LogP contribution is -2.49. The van der Waals surface area contributed by atoms with Gasteiger partial charge in [-0.25, -0.2) is 4.79 Å². The summed E-state index contributed by atoms with van der Waals surface area (Å²) in [5.74, 6) is 0.892. The SMILES string of the molecule is CCOC(=O)COc1ccc(CCNC(=O)C(C)C2CNC2)cc1. The predicted molar refractivity (Wildman–Crippen MR) is 90.8 cm³/mol. The van der Waals surface area contributed by atoms with Crippen LogP contribution in [0.1, 0.15) is 19.4 Å². The molecule has 0 saturated carbocycles. The highest BCUT2D eigenvalue weighted by molar-refractivity contribution is 5.78. The van der Waals surface area contributed by atoms with E-state index >= 15 is 0 Å². The average molecular weight is 334 g/mol. The summed E-state index contributed by atoms with van der Waals surface area (Å²) < 4.78 is 10.1. The Kier molecular flexibility index (Phi) is 7.06.